The van der Waals surface area contributed by atoms with E-state index in [1.807, 2.05) is 0 Å². The van der Waals surface area contributed by atoms with Gasteiger partial charge in [-0.3, -0.25) is 4.99 Å². The molecule has 4 heteroatoms. The van der Waals surface area contributed by atoms with Gasteiger partial charge in [0.1, 0.15) is 0 Å². The van der Waals surface area contributed by atoms with Crippen molar-refractivity contribution in [2.45, 2.75) is 26.7 Å². The fourth-order valence-corrected chi connectivity index (χ4v) is 2.98. The largest absolute Gasteiger partial charge is 0.384 e. The van der Waals surface area contributed by atoms with E-state index in [0.717, 1.165) is 45.2 Å². The van der Waals surface area contributed by atoms with Crippen LogP contribution in [0.3, 0.4) is 0 Å². The Hall–Kier alpha value is -1.55. The fraction of sp³-hybridized carbons (Fsp3) is 0.611. The number of likely N-dealkylation sites (tertiary alicyclic amines) is 1. The first-order chi connectivity index (χ1) is 10.7. The number of hydrogen-bond acceptors (Lipinski definition) is 2. The van der Waals surface area contributed by atoms with Gasteiger partial charge in [0, 0.05) is 39.2 Å². The van der Waals surface area contributed by atoms with Crippen LogP contribution in [-0.4, -0.2) is 50.8 Å². The summed E-state index contributed by atoms with van der Waals surface area (Å²) in [7, 11) is 1.78. The van der Waals surface area contributed by atoms with Crippen LogP contribution in [-0.2, 0) is 11.2 Å². The molecule has 4 nitrogen and oxygen atoms in total. The van der Waals surface area contributed by atoms with Gasteiger partial charge in [-0.2, -0.15) is 0 Å². The molecular formula is C18H29N3O. The standard InChI is InChI=1S/C18H29N3O/c1-4-19-18(21-11-9-17(13-21)14-22-3)20-10-8-16-7-5-6-15(2)12-16/h5-7,12,17H,4,8-11,13-14H2,1-3H3,(H,19,20). The summed E-state index contributed by atoms with van der Waals surface area (Å²) in [4.78, 5) is 7.17. The number of guanidine groups is 1. The van der Waals surface area contributed by atoms with Crippen molar-refractivity contribution >= 4 is 5.96 Å². The number of benzene rings is 1. The van der Waals surface area contributed by atoms with Crippen LogP contribution in [0, 0.1) is 12.8 Å². The second-order valence-electron chi connectivity index (χ2n) is 6.03. The Morgan fingerprint density at radius 3 is 3.05 bits per heavy atom. The summed E-state index contributed by atoms with van der Waals surface area (Å²) in [5.74, 6) is 1.68. The third-order valence-corrected chi connectivity index (χ3v) is 4.07. The fourth-order valence-electron chi connectivity index (χ4n) is 2.98. The molecule has 0 aromatic heterocycles. The number of aryl methyl sites for hydroxylation is 1. The van der Waals surface area contributed by atoms with Gasteiger partial charge in [-0.05, 0) is 32.3 Å². The van der Waals surface area contributed by atoms with Crippen LogP contribution in [0.4, 0.5) is 0 Å². The Balaban J connectivity index is 1.90. The molecule has 1 atom stereocenters. The zero-order valence-electron chi connectivity index (χ0n) is 14.1. The van der Waals surface area contributed by atoms with Crippen molar-refractivity contribution < 1.29 is 4.74 Å². The predicted molar refractivity (Wildman–Crippen MR) is 92.4 cm³/mol. The van der Waals surface area contributed by atoms with Crippen LogP contribution in [0.5, 0.6) is 0 Å². The number of aliphatic imine (C=N–C) groups is 1. The lowest BCUT2D eigenvalue weighted by atomic mass is 10.1. The normalized spacial score (nSPS) is 18.8. The van der Waals surface area contributed by atoms with Gasteiger partial charge in [-0.15, -0.1) is 0 Å². The summed E-state index contributed by atoms with van der Waals surface area (Å²) in [5.41, 5.74) is 2.67. The molecule has 1 aliphatic heterocycles. The highest BCUT2D eigenvalue weighted by molar-refractivity contribution is 5.80. The maximum absolute atomic E-state index is 5.28. The minimum Gasteiger partial charge on any atom is -0.384 e. The first-order valence-electron chi connectivity index (χ1n) is 8.30. The molecule has 1 fully saturated rings. The number of ether oxygens (including phenoxy) is 1. The van der Waals surface area contributed by atoms with Crippen molar-refractivity contribution in [2.75, 3.05) is 39.9 Å². The highest BCUT2D eigenvalue weighted by Crippen LogP contribution is 2.16. The van der Waals surface area contributed by atoms with Gasteiger partial charge in [-0.1, -0.05) is 29.8 Å². The molecule has 1 aliphatic rings. The summed E-state index contributed by atoms with van der Waals surface area (Å²) in [6, 6.07) is 8.68. The first-order valence-corrected chi connectivity index (χ1v) is 8.30. The quantitative estimate of drug-likeness (QED) is 0.648. The van der Waals surface area contributed by atoms with E-state index < -0.39 is 0 Å². The molecule has 0 spiro atoms. The smallest absolute Gasteiger partial charge is 0.193 e. The van der Waals surface area contributed by atoms with Gasteiger partial charge in [-0.25, -0.2) is 0 Å². The Morgan fingerprint density at radius 1 is 1.45 bits per heavy atom. The lowest BCUT2D eigenvalue weighted by Gasteiger charge is -2.21. The van der Waals surface area contributed by atoms with Gasteiger partial charge in [0.05, 0.1) is 6.61 Å². The number of nitrogens with zero attached hydrogens (tertiary/aromatic N) is 2. The highest BCUT2D eigenvalue weighted by atomic mass is 16.5. The average molecular weight is 303 g/mol. The molecule has 0 saturated carbocycles. The first kappa shape index (κ1) is 16.8. The molecule has 2 rings (SSSR count). The van der Waals surface area contributed by atoms with E-state index >= 15 is 0 Å². The molecule has 1 aromatic rings. The maximum Gasteiger partial charge on any atom is 0.193 e. The van der Waals surface area contributed by atoms with Crippen LogP contribution in [0.2, 0.25) is 0 Å². The number of hydrogen-bond donors (Lipinski definition) is 1. The molecule has 122 valence electrons. The summed E-state index contributed by atoms with van der Waals surface area (Å²) < 4.78 is 5.28. The number of methoxy groups -OCH3 is 1. The molecule has 1 saturated heterocycles. The molecule has 1 heterocycles. The molecule has 1 N–H and O–H groups in total. The zero-order chi connectivity index (χ0) is 15.8. The van der Waals surface area contributed by atoms with Crippen molar-refractivity contribution in [1.82, 2.24) is 10.2 Å². The number of nitrogens with one attached hydrogen (secondary N) is 1. The lowest BCUT2D eigenvalue weighted by Crippen LogP contribution is -2.40. The zero-order valence-corrected chi connectivity index (χ0v) is 14.1. The van der Waals surface area contributed by atoms with Gasteiger partial charge in [0.2, 0.25) is 0 Å². The number of rotatable bonds is 6. The molecule has 0 amide bonds. The minimum atomic E-state index is 0.630. The minimum absolute atomic E-state index is 0.630. The van der Waals surface area contributed by atoms with Gasteiger partial charge in [0.15, 0.2) is 5.96 Å². The SMILES string of the molecule is CCNC(=NCCc1cccc(C)c1)N1CCC(COC)C1. The summed E-state index contributed by atoms with van der Waals surface area (Å²) in [5, 5.41) is 3.42. The Kier molecular flexibility index (Phi) is 6.72. The Morgan fingerprint density at radius 2 is 2.32 bits per heavy atom. The van der Waals surface area contributed by atoms with Crippen LogP contribution < -0.4 is 5.32 Å². The molecule has 1 unspecified atom stereocenters. The van der Waals surface area contributed by atoms with Crippen molar-refractivity contribution in [2.24, 2.45) is 10.9 Å². The van der Waals surface area contributed by atoms with Gasteiger partial charge >= 0.3 is 0 Å². The van der Waals surface area contributed by atoms with Crippen molar-refractivity contribution in [3.05, 3.63) is 35.4 Å². The van der Waals surface area contributed by atoms with Crippen LogP contribution >= 0.6 is 0 Å². The van der Waals surface area contributed by atoms with E-state index in [2.05, 4.69) is 48.3 Å². The molecular weight excluding hydrogens is 274 g/mol. The molecule has 1 aromatic carbocycles. The summed E-state index contributed by atoms with van der Waals surface area (Å²) in [6.45, 7) is 8.97. The average Bonchev–Trinajstić information content (AvgIpc) is 2.95. The van der Waals surface area contributed by atoms with E-state index in [4.69, 9.17) is 9.73 Å². The third-order valence-electron chi connectivity index (χ3n) is 4.07. The Labute approximate surface area is 134 Å². The van der Waals surface area contributed by atoms with Crippen LogP contribution in [0.1, 0.15) is 24.5 Å². The van der Waals surface area contributed by atoms with E-state index in [1.165, 1.54) is 17.5 Å². The molecule has 0 bridgehead atoms. The molecule has 0 radical (unpaired) electrons. The third kappa shape index (κ3) is 5.02. The van der Waals surface area contributed by atoms with E-state index in [-0.39, 0.29) is 0 Å². The summed E-state index contributed by atoms with van der Waals surface area (Å²) >= 11 is 0. The van der Waals surface area contributed by atoms with E-state index in [0.29, 0.717) is 5.92 Å². The molecule has 0 aliphatic carbocycles. The second-order valence-corrected chi connectivity index (χ2v) is 6.03. The van der Waals surface area contributed by atoms with E-state index in [9.17, 15) is 0 Å². The van der Waals surface area contributed by atoms with Crippen molar-refractivity contribution in [1.29, 1.82) is 0 Å². The van der Waals surface area contributed by atoms with Gasteiger partial charge < -0.3 is 15.0 Å². The van der Waals surface area contributed by atoms with E-state index in [1.54, 1.807) is 7.11 Å². The lowest BCUT2D eigenvalue weighted by molar-refractivity contribution is 0.157. The van der Waals surface area contributed by atoms with Crippen molar-refractivity contribution in [3.8, 4) is 0 Å². The predicted octanol–water partition coefficient (Wildman–Crippen LogP) is 2.47. The Bertz CT molecular complexity index is 487. The maximum atomic E-state index is 5.28. The topological polar surface area (TPSA) is 36.9 Å². The molecule has 22 heavy (non-hydrogen) atoms. The monoisotopic (exact) mass is 303 g/mol. The van der Waals surface area contributed by atoms with Crippen LogP contribution in [0.25, 0.3) is 0 Å². The van der Waals surface area contributed by atoms with Gasteiger partial charge in [0.25, 0.3) is 0 Å². The highest BCUT2D eigenvalue weighted by Gasteiger charge is 2.24. The van der Waals surface area contributed by atoms with Crippen molar-refractivity contribution in [3.63, 3.8) is 0 Å². The second kappa shape index (κ2) is 8.79. The summed E-state index contributed by atoms with van der Waals surface area (Å²) in [6.07, 6.45) is 2.18. The van der Waals surface area contributed by atoms with Crippen LogP contribution in [0.15, 0.2) is 29.3 Å².